The lowest BCUT2D eigenvalue weighted by atomic mass is 9.88. The van der Waals surface area contributed by atoms with E-state index >= 15 is 0 Å². The van der Waals surface area contributed by atoms with E-state index in [1.165, 1.54) is 0 Å². The van der Waals surface area contributed by atoms with Gasteiger partial charge in [0.1, 0.15) is 17.4 Å². The molecule has 146 valence electrons. The van der Waals surface area contributed by atoms with Gasteiger partial charge in [-0.05, 0) is 26.0 Å². The van der Waals surface area contributed by atoms with Crippen LogP contribution in [0.15, 0.2) is 48.5 Å². The number of morpholine rings is 1. The van der Waals surface area contributed by atoms with E-state index in [0.29, 0.717) is 24.6 Å². The van der Waals surface area contributed by atoms with E-state index in [0.717, 1.165) is 11.1 Å². The number of hydrogen-bond donors (Lipinski definition) is 0. The van der Waals surface area contributed by atoms with Gasteiger partial charge in [-0.1, -0.05) is 36.4 Å². The van der Waals surface area contributed by atoms with Gasteiger partial charge in [0.05, 0.1) is 12.2 Å². The summed E-state index contributed by atoms with van der Waals surface area (Å²) in [5.74, 6) is -0.0121. The minimum Gasteiger partial charge on any atom is -0.457 e. The van der Waals surface area contributed by atoms with E-state index in [9.17, 15) is 9.59 Å². The molecule has 1 saturated heterocycles. The molecular weight excluding hydrogens is 358 g/mol. The Kier molecular flexibility index (Phi) is 5.05. The Hall–Kier alpha value is -2.86. The molecule has 2 aliphatic rings. The SMILES string of the molecule is C[C@H]1CN(C(=O)COC(=O)C2c3ccccc3Oc3ccccc32)C[C@H](C)O1. The number of amides is 1. The molecule has 0 spiro atoms. The number of carbonyl (C=O) groups excluding carboxylic acids is 2. The second kappa shape index (κ2) is 7.64. The van der Waals surface area contributed by atoms with Gasteiger partial charge in [-0.2, -0.15) is 0 Å². The second-order valence-corrected chi connectivity index (χ2v) is 7.27. The van der Waals surface area contributed by atoms with Crippen LogP contribution in [-0.4, -0.2) is 48.7 Å². The zero-order valence-electron chi connectivity index (χ0n) is 16.0. The van der Waals surface area contributed by atoms with Crippen LogP contribution in [0.1, 0.15) is 30.9 Å². The number of ether oxygens (including phenoxy) is 3. The van der Waals surface area contributed by atoms with Crippen molar-refractivity contribution in [3.8, 4) is 11.5 Å². The van der Waals surface area contributed by atoms with Crippen molar-refractivity contribution in [2.45, 2.75) is 32.0 Å². The number of esters is 1. The highest BCUT2D eigenvalue weighted by molar-refractivity contribution is 5.87. The highest BCUT2D eigenvalue weighted by Crippen LogP contribution is 2.44. The first-order valence-electron chi connectivity index (χ1n) is 9.48. The topological polar surface area (TPSA) is 65.1 Å². The van der Waals surface area contributed by atoms with E-state index in [2.05, 4.69) is 0 Å². The van der Waals surface area contributed by atoms with E-state index < -0.39 is 11.9 Å². The molecule has 0 aliphatic carbocycles. The van der Waals surface area contributed by atoms with E-state index in [1.54, 1.807) is 4.90 Å². The molecule has 0 unspecified atom stereocenters. The number of benzene rings is 2. The first-order chi connectivity index (χ1) is 13.5. The molecule has 0 bridgehead atoms. The normalized spacial score (nSPS) is 21.3. The lowest BCUT2D eigenvalue weighted by molar-refractivity contribution is -0.157. The fourth-order valence-corrected chi connectivity index (χ4v) is 3.85. The molecule has 28 heavy (non-hydrogen) atoms. The summed E-state index contributed by atoms with van der Waals surface area (Å²) < 4.78 is 17.0. The molecule has 0 N–H and O–H groups in total. The molecule has 2 aliphatic heterocycles. The van der Waals surface area contributed by atoms with Crippen LogP contribution >= 0.6 is 0 Å². The van der Waals surface area contributed by atoms with Crippen molar-refractivity contribution in [1.29, 1.82) is 0 Å². The summed E-state index contributed by atoms with van der Waals surface area (Å²) in [6.45, 7) is 4.59. The smallest absolute Gasteiger partial charge is 0.318 e. The predicted octanol–water partition coefficient (Wildman–Crippen LogP) is 3.10. The molecule has 2 atom stereocenters. The predicted molar refractivity (Wildman–Crippen MR) is 102 cm³/mol. The minimum absolute atomic E-state index is 0.0300. The molecule has 6 heteroatoms. The van der Waals surface area contributed by atoms with Gasteiger partial charge in [-0.3, -0.25) is 9.59 Å². The number of hydrogen-bond acceptors (Lipinski definition) is 5. The van der Waals surface area contributed by atoms with Crippen molar-refractivity contribution >= 4 is 11.9 Å². The lowest BCUT2D eigenvalue weighted by Gasteiger charge is -2.35. The fraction of sp³-hybridized carbons (Fsp3) is 0.364. The lowest BCUT2D eigenvalue weighted by Crippen LogP contribution is -2.49. The summed E-state index contributed by atoms with van der Waals surface area (Å²) in [6, 6.07) is 14.8. The van der Waals surface area contributed by atoms with Crippen molar-refractivity contribution in [2.75, 3.05) is 19.7 Å². The maximum Gasteiger partial charge on any atom is 0.318 e. The first-order valence-corrected chi connectivity index (χ1v) is 9.48. The second-order valence-electron chi connectivity index (χ2n) is 7.27. The van der Waals surface area contributed by atoms with Crippen LogP contribution in [0.4, 0.5) is 0 Å². The summed E-state index contributed by atoms with van der Waals surface area (Å²) in [4.78, 5) is 27.2. The maximum atomic E-state index is 13.0. The average molecular weight is 381 g/mol. The zero-order valence-corrected chi connectivity index (χ0v) is 16.0. The molecule has 1 fully saturated rings. The summed E-state index contributed by atoms with van der Waals surface area (Å²) in [5, 5.41) is 0. The van der Waals surface area contributed by atoms with Gasteiger partial charge in [0.15, 0.2) is 6.61 Å². The Labute approximate surface area is 164 Å². The third-order valence-corrected chi connectivity index (χ3v) is 5.03. The standard InChI is InChI=1S/C22H23NO5/c1-14-11-23(12-15(2)27-14)20(24)13-26-22(25)21-16-7-3-5-9-18(16)28-19-10-6-4-8-17(19)21/h3-10,14-15,21H,11-13H2,1-2H3/t14-,15-/m0/s1. The summed E-state index contributed by atoms with van der Waals surface area (Å²) >= 11 is 0. The Bertz CT molecular complexity index is 841. The Morgan fingerprint density at radius 3 is 2.07 bits per heavy atom. The van der Waals surface area contributed by atoms with Crippen molar-refractivity contribution < 1.29 is 23.8 Å². The van der Waals surface area contributed by atoms with Crippen molar-refractivity contribution in [3.63, 3.8) is 0 Å². The van der Waals surface area contributed by atoms with Gasteiger partial charge in [0, 0.05) is 24.2 Å². The van der Waals surface area contributed by atoms with Crippen LogP contribution < -0.4 is 4.74 Å². The van der Waals surface area contributed by atoms with Gasteiger partial charge < -0.3 is 19.1 Å². The van der Waals surface area contributed by atoms with Crippen molar-refractivity contribution in [1.82, 2.24) is 4.90 Å². The van der Waals surface area contributed by atoms with Gasteiger partial charge in [0.25, 0.3) is 5.91 Å². The van der Waals surface area contributed by atoms with Crippen LogP contribution in [-0.2, 0) is 19.1 Å². The molecule has 2 aromatic carbocycles. The van der Waals surface area contributed by atoms with Gasteiger partial charge in [0.2, 0.25) is 0 Å². The molecule has 0 aromatic heterocycles. The third-order valence-electron chi connectivity index (χ3n) is 5.03. The summed E-state index contributed by atoms with van der Waals surface area (Å²) in [6.07, 6.45) is -0.0599. The maximum absolute atomic E-state index is 13.0. The quantitative estimate of drug-likeness (QED) is 0.765. The molecule has 0 radical (unpaired) electrons. The fourth-order valence-electron chi connectivity index (χ4n) is 3.85. The molecule has 0 saturated carbocycles. The molecule has 4 rings (SSSR count). The number of carbonyl (C=O) groups is 2. The zero-order chi connectivity index (χ0) is 19.7. The minimum atomic E-state index is -0.614. The Morgan fingerprint density at radius 2 is 1.50 bits per heavy atom. The van der Waals surface area contributed by atoms with Crippen LogP contribution in [0, 0.1) is 0 Å². The molecule has 2 heterocycles. The molecular formula is C22H23NO5. The average Bonchev–Trinajstić information content (AvgIpc) is 2.69. The van der Waals surface area contributed by atoms with Gasteiger partial charge in [-0.15, -0.1) is 0 Å². The number of rotatable bonds is 3. The van der Waals surface area contributed by atoms with Gasteiger partial charge in [-0.25, -0.2) is 0 Å². The summed E-state index contributed by atoms with van der Waals surface area (Å²) in [5.41, 5.74) is 1.49. The number of para-hydroxylation sites is 2. The van der Waals surface area contributed by atoms with Crippen LogP contribution in [0.25, 0.3) is 0 Å². The van der Waals surface area contributed by atoms with Crippen molar-refractivity contribution in [2.24, 2.45) is 0 Å². The molecule has 6 nitrogen and oxygen atoms in total. The third kappa shape index (κ3) is 3.60. The van der Waals surface area contributed by atoms with Crippen LogP contribution in [0.2, 0.25) is 0 Å². The highest BCUT2D eigenvalue weighted by atomic mass is 16.5. The van der Waals surface area contributed by atoms with Gasteiger partial charge >= 0.3 is 5.97 Å². The van der Waals surface area contributed by atoms with E-state index in [1.807, 2.05) is 62.4 Å². The van der Waals surface area contributed by atoms with E-state index in [-0.39, 0.29) is 24.7 Å². The van der Waals surface area contributed by atoms with E-state index in [4.69, 9.17) is 14.2 Å². The largest absolute Gasteiger partial charge is 0.457 e. The van der Waals surface area contributed by atoms with Crippen LogP contribution in [0.3, 0.4) is 0 Å². The first kappa shape index (κ1) is 18.5. The highest BCUT2D eigenvalue weighted by Gasteiger charge is 2.34. The Balaban J connectivity index is 1.50. The van der Waals surface area contributed by atoms with Crippen LogP contribution in [0.5, 0.6) is 11.5 Å². The number of fused-ring (bicyclic) bond motifs is 2. The summed E-state index contributed by atoms with van der Waals surface area (Å²) in [7, 11) is 0. The molecule has 2 aromatic rings. The molecule has 1 amide bonds. The Morgan fingerprint density at radius 1 is 0.964 bits per heavy atom. The monoisotopic (exact) mass is 381 g/mol. The van der Waals surface area contributed by atoms with Crippen molar-refractivity contribution in [3.05, 3.63) is 59.7 Å². The number of nitrogens with zero attached hydrogens (tertiary/aromatic N) is 1.